The van der Waals surface area contributed by atoms with Crippen molar-refractivity contribution in [1.29, 1.82) is 0 Å². The first kappa shape index (κ1) is 12.9. The maximum Gasteiger partial charge on any atom is 0.248 e. The summed E-state index contributed by atoms with van der Waals surface area (Å²) in [4.78, 5) is 10.9. The van der Waals surface area contributed by atoms with Crippen molar-refractivity contribution in [3.8, 4) is 5.75 Å². The zero-order chi connectivity index (χ0) is 13.5. The molecule has 3 nitrogen and oxygen atoms in total. The first-order valence-corrected chi connectivity index (χ1v) is 6.00. The largest absolute Gasteiger partial charge is 0.490 e. The van der Waals surface area contributed by atoms with E-state index in [1.807, 2.05) is 42.5 Å². The van der Waals surface area contributed by atoms with E-state index in [4.69, 9.17) is 10.5 Å². The molecule has 0 saturated heterocycles. The standard InChI is InChI=1S/C16H15NO2/c17-16(18)14-8-10-15(11-9-14)19-12-4-7-13-5-2-1-3-6-13/h1-11H,12H2,(H2,17,18)/b7-4+. The molecule has 0 radical (unpaired) electrons. The quantitative estimate of drug-likeness (QED) is 0.890. The maximum absolute atomic E-state index is 10.9. The highest BCUT2D eigenvalue weighted by Gasteiger charge is 1.99. The Labute approximate surface area is 112 Å². The lowest BCUT2D eigenvalue weighted by Crippen LogP contribution is -2.10. The first-order valence-electron chi connectivity index (χ1n) is 6.00. The van der Waals surface area contributed by atoms with Crippen LogP contribution < -0.4 is 10.5 Å². The van der Waals surface area contributed by atoms with Gasteiger partial charge in [0.1, 0.15) is 12.4 Å². The molecule has 0 bridgehead atoms. The van der Waals surface area contributed by atoms with Gasteiger partial charge >= 0.3 is 0 Å². The van der Waals surface area contributed by atoms with Gasteiger partial charge in [0, 0.05) is 5.56 Å². The highest BCUT2D eigenvalue weighted by molar-refractivity contribution is 5.92. The van der Waals surface area contributed by atoms with Crippen LogP contribution in [0.5, 0.6) is 5.75 Å². The molecule has 0 fully saturated rings. The van der Waals surface area contributed by atoms with Gasteiger partial charge in [-0.3, -0.25) is 4.79 Å². The predicted molar refractivity (Wildman–Crippen MR) is 75.9 cm³/mol. The minimum Gasteiger partial charge on any atom is -0.490 e. The highest BCUT2D eigenvalue weighted by Crippen LogP contribution is 2.12. The van der Waals surface area contributed by atoms with Crippen molar-refractivity contribution in [2.75, 3.05) is 6.61 Å². The summed E-state index contributed by atoms with van der Waals surface area (Å²) in [6, 6.07) is 16.8. The fourth-order valence-corrected chi connectivity index (χ4v) is 1.61. The monoisotopic (exact) mass is 253 g/mol. The second kappa shape index (κ2) is 6.40. The number of hydrogen-bond acceptors (Lipinski definition) is 2. The highest BCUT2D eigenvalue weighted by atomic mass is 16.5. The fourth-order valence-electron chi connectivity index (χ4n) is 1.61. The van der Waals surface area contributed by atoms with Crippen LogP contribution >= 0.6 is 0 Å². The third-order valence-electron chi connectivity index (χ3n) is 2.59. The lowest BCUT2D eigenvalue weighted by atomic mass is 10.2. The number of rotatable bonds is 5. The molecule has 0 atom stereocenters. The molecule has 0 unspecified atom stereocenters. The van der Waals surface area contributed by atoms with Gasteiger partial charge in [0.05, 0.1) is 0 Å². The Hall–Kier alpha value is -2.55. The third kappa shape index (κ3) is 4.00. The van der Waals surface area contributed by atoms with Gasteiger partial charge in [-0.15, -0.1) is 0 Å². The average molecular weight is 253 g/mol. The normalized spacial score (nSPS) is 10.5. The van der Waals surface area contributed by atoms with Crippen LogP contribution in [-0.4, -0.2) is 12.5 Å². The number of primary amides is 1. The number of carbonyl (C=O) groups excluding carboxylic acids is 1. The number of nitrogens with two attached hydrogens (primary N) is 1. The SMILES string of the molecule is NC(=O)c1ccc(OC/C=C/c2ccccc2)cc1. The molecule has 0 aliphatic rings. The van der Waals surface area contributed by atoms with Gasteiger partial charge in [-0.1, -0.05) is 36.4 Å². The van der Waals surface area contributed by atoms with Gasteiger partial charge in [0.25, 0.3) is 0 Å². The summed E-state index contributed by atoms with van der Waals surface area (Å²) < 4.78 is 5.52. The predicted octanol–water partition coefficient (Wildman–Crippen LogP) is 2.88. The van der Waals surface area contributed by atoms with Crippen LogP contribution in [0.25, 0.3) is 6.08 Å². The molecule has 0 aliphatic carbocycles. The van der Waals surface area contributed by atoms with Crippen LogP contribution in [0.3, 0.4) is 0 Å². The Morgan fingerprint density at radius 3 is 2.37 bits per heavy atom. The molecule has 2 aromatic rings. The third-order valence-corrected chi connectivity index (χ3v) is 2.59. The van der Waals surface area contributed by atoms with Crippen LogP contribution in [0.4, 0.5) is 0 Å². The lowest BCUT2D eigenvalue weighted by molar-refractivity contribution is 0.100. The van der Waals surface area contributed by atoms with Crippen molar-refractivity contribution >= 4 is 12.0 Å². The first-order chi connectivity index (χ1) is 9.25. The van der Waals surface area contributed by atoms with Crippen molar-refractivity contribution in [2.24, 2.45) is 5.73 Å². The molecular formula is C16H15NO2. The molecule has 0 aromatic heterocycles. The zero-order valence-corrected chi connectivity index (χ0v) is 10.5. The van der Waals surface area contributed by atoms with E-state index in [1.54, 1.807) is 24.3 Å². The smallest absolute Gasteiger partial charge is 0.248 e. The second-order valence-corrected chi connectivity index (χ2v) is 4.01. The van der Waals surface area contributed by atoms with E-state index in [1.165, 1.54) is 0 Å². The summed E-state index contributed by atoms with van der Waals surface area (Å²) >= 11 is 0. The minimum absolute atomic E-state index is 0.435. The molecule has 96 valence electrons. The van der Waals surface area contributed by atoms with E-state index in [2.05, 4.69) is 0 Å². The average Bonchev–Trinajstić information content (AvgIpc) is 2.45. The van der Waals surface area contributed by atoms with E-state index in [0.29, 0.717) is 17.9 Å². The summed E-state index contributed by atoms with van der Waals surface area (Å²) in [5.41, 5.74) is 6.77. The van der Waals surface area contributed by atoms with Crippen molar-refractivity contribution < 1.29 is 9.53 Å². The van der Waals surface area contributed by atoms with Crippen LogP contribution in [-0.2, 0) is 0 Å². The summed E-state index contributed by atoms with van der Waals surface area (Å²) in [6.45, 7) is 0.477. The Morgan fingerprint density at radius 2 is 1.74 bits per heavy atom. The molecule has 1 amide bonds. The van der Waals surface area contributed by atoms with Gasteiger partial charge in [-0.05, 0) is 35.9 Å². The fraction of sp³-hybridized carbons (Fsp3) is 0.0625. The number of hydrogen-bond donors (Lipinski definition) is 1. The van der Waals surface area contributed by atoms with Crippen LogP contribution in [0.2, 0.25) is 0 Å². The van der Waals surface area contributed by atoms with Gasteiger partial charge in [-0.25, -0.2) is 0 Å². The molecule has 3 heteroatoms. The van der Waals surface area contributed by atoms with Crippen molar-refractivity contribution in [3.63, 3.8) is 0 Å². The summed E-state index contributed by atoms with van der Waals surface area (Å²) in [6.07, 6.45) is 3.94. The van der Waals surface area contributed by atoms with Crippen LogP contribution in [0.15, 0.2) is 60.7 Å². The Bertz CT molecular complexity index is 559. The summed E-state index contributed by atoms with van der Waals surface area (Å²) in [5, 5.41) is 0. The van der Waals surface area contributed by atoms with Crippen LogP contribution in [0.1, 0.15) is 15.9 Å². The van der Waals surface area contributed by atoms with Crippen molar-refractivity contribution in [2.45, 2.75) is 0 Å². The molecule has 2 N–H and O–H groups in total. The molecule has 0 spiro atoms. The number of amides is 1. The molecule has 19 heavy (non-hydrogen) atoms. The van der Waals surface area contributed by atoms with E-state index in [0.717, 1.165) is 5.56 Å². The Morgan fingerprint density at radius 1 is 1.05 bits per heavy atom. The molecule has 0 aliphatic heterocycles. The van der Waals surface area contributed by atoms with E-state index in [9.17, 15) is 4.79 Å². The van der Waals surface area contributed by atoms with Gasteiger partial charge in [0.15, 0.2) is 0 Å². The number of ether oxygens (including phenoxy) is 1. The molecule has 0 heterocycles. The topological polar surface area (TPSA) is 52.3 Å². The minimum atomic E-state index is -0.435. The molecule has 2 aromatic carbocycles. The zero-order valence-electron chi connectivity index (χ0n) is 10.5. The molecule has 2 rings (SSSR count). The number of carbonyl (C=O) groups is 1. The molecule has 0 saturated carbocycles. The van der Waals surface area contributed by atoms with Gasteiger partial charge < -0.3 is 10.5 Å². The Kier molecular flexibility index (Phi) is 4.34. The van der Waals surface area contributed by atoms with Crippen molar-refractivity contribution in [1.82, 2.24) is 0 Å². The van der Waals surface area contributed by atoms with Gasteiger partial charge in [0.2, 0.25) is 5.91 Å². The van der Waals surface area contributed by atoms with Gasteiger partial charge in [-0.2, -0.15) is 0 Å². The Balaban J connectivity index is 1.86. The summed E-state index contributed by atoms with van der Waals surface area (Å²) in [7, 11) is 0. The number of benzene rings is 2. The van der Waals surface area contributed by atoms with E-state index in [-0.39, 0.29) is 0 Å². The van der Waals surface area contributed by atoms with Crippen molar-refractivity contribution in [3.05, 3.63) is 71.8 Å². The second-order valence-electron chi connectivity index (χ2n) is 4.01. The lowest BCUT2D eigenvalue weighted by Gasteiger charge is -2.03. The van der Waals surface area contributed by atoms with Crippen LogP contribution in [0, 0.1) is 0 Å². The van der Waals surface area contributed by atoms with E-state index < -0.39 is 5.91 Å². The summed E-state index contributed by atoms with van der Waals surface area (Å²) in [5.74, 6) is 0.276. The van der Waals surface area contributed by atoms with E-state index >= 15 is 0 Å². The molecular weight excluding hydrogens is 238 g/mol. The maximum atomic E-state index is 10.9.